The second kappa shape index (κ2) is 4.99. The molecule has 1 aromatic rings. The van der Waals surface area contributed by atoms with Gasteiger partial charge in [-0.3, -0.25) is 4.79 Å². The molecule has 94 valence electrons. The number of rotatable bonds is 4. The second-order valence-electron chi connectivity index (χ2n) is 4.27. The Morgan fingerprint density at radius 3 is 2.53 bits per heavy atom. The van der Waals surface area contributed by atoms with Gasteiger partial charge in [-0.25, -0.2) is 9.78 Å². The Hall–Kier alpha value is -1.85. The van der Waals surface area contributed by atoms with Crippen LogP contribution < -0.4 is 10.5 Å². The highest BCUT2D eigenvalue weighted by Crippen LogP contribution is 2.13. The fourth-order valence-electron chi connectivity index (χ4n) is 1.28. The van der Waals surface area contributed by atoms with Gasteiger partial charge in [0, 0.05) is 19.0 Å². The number of hydrogen-bond donors (Lipinski definition) is 2. The Morgan fingerprint density at radius 1 is 1.47 bits per heavy atom. The zero-order valence-corrected chi connectivity index (χ0v) is 10.4. The minimum Gasteiger partial charge on any atom is -0.480 e. The molecule has 0 spiro atoms. The number of carbonyl (C=O) groups is 1. The summed E-state index contributed by atoms with van der Waals surface area (Å²) in [5, 5.41) is 8.91. The second-order valence-corrected chi connectivity index (χ2v) is 4.27. The van der Waals surface area contributed by atoms with E-state index in [9.17, 15) is 9.59 Å². The maximum absolute atomic E-state index is 11.4. The Bertz CT molecular complexity index is 467. The third kappa shape index (κ3) is 3.05. The van der Waals surface area contributed by atoms with E-state index in [1.165, 1.54) is 11.0 Å². The quantitative estimate of drug-likeness (QED) is 0.811. The van der Waals surface area contributed by atoms with Crippen LogP contribution in [-0.2, 0) is 4.79 Å². The average Bonchev–Trinajstić information content (AvgIpc) is 2.25. The van der Waals surface area contributed by atoms with Crippen LogP contribution in [-0.4, -0.2) is 34.1 Å². The van der Waals surface area contributed by atoms with Crippen LogP contribution in [0.5, 0.6) is 0 Å². The number of aromatic amines is 1. The summed E-state index contributed by atoms with van der Waals surface area (Å²) in [6, 6.07) is 0.565. The minimum absolute atomic E-state index is 0.0798. The summed E-state index contributed by atoms with van der Waals surface area (Å²) in [5.74, 6) is 0.0427. The lowest BCUT2D eigenvalue weighted by Gasteiger charge is -2.22. The van der Waals surface area contributed by atoms with Gasteiger partial charge in [0.15, 0.2) is 0 Å². The molecule has 0 saturated heterocycles. The van der Waals surface area contributed by atoms with E-state index in [2.05, 4.69) is 9.97 Å². The lowest BCUT2D eigenvalue weighted by atomic mass is 10.2. The number of aromatic nitrogens is 2. The van der Waals surface area contributed by atoms with E-state index >= 15 is 0 Å². The lowest BCUT2D eigenvalue weighted by molar-refractivity contribution is -0.138. The van der Waals surface area contributed by atoms with Crippen molar-refractivity contribution in [2.75, 3.05) is 11.9 Å². The van der Waals surface area contributed by atoms with Crippen LogP contribution in [0.15, 0.2) is 10.9 Å². The van der Waals surface area contributed by atoms with Gasteiger partial charge in [-0.15, -0.1) is 0 Å². The van der Waals surface area contributed by atoms with Crippen LogP contribution in [0.25, 0.3) is 0 Å². The molecular formula is C11H17N3O3. The van der Waals surface area contributed by atoms with Gasteiger partial charge in [0.2, 0.25) is 0 Å². The molecule has 2 N–H and O–H groups in total. The third-order valence-electron chi connectivity index (χ3n) is 2.59. The van der Waals surface area contributed by atoms with Crippen LogP contribution in [0.3, 0.4) is 0 Å². The van der Waals surface area contributed by atoms with E-state index in [1.807, 2.05) is 13.8 Å². The maximum atomic E-state index is 11.4. The molecule has 17 heavy (non-hydrogen) atoms. The molecule has 0 aromatic carbocycles. The fraction of sp³-hybridized carbons (Fsp3) is 0.545. The van der Waals surface area contributed by atoms with Crippen LogP contribution in [0.4, 0.5) is 5.82 Å². The molecule has 1 rings (SSSR count). The molecule has 6 heteroatoms. The van der Waals surface area contributed by atoms with Crippen molar-refractivity contribution in [3.63, 3.8) is 0 Å². The smallest absolute Gasteiger partial charge is 0.326 e. The van der Waals surface area contributed by atoms with E-state index in [4.69, 9.17) is 5.11 Å². The molecule has 1 atom stereocenters. The lowest BCUT2D eigenvalue weighted by Crippen LogP contribution is -2.37. The molecule has 0 fully saturated rings. The van der Waals surface area contributed by atoms with Crippen molar-refractivity contribution in [3.05, 3.63) is 22.2 Å². The fourth-order valence-corrected chi connectivity index (χ4v) is 1.28. The number of nitrogens with one attached hydrogen (secondary N) is 1. The van der Waals surface area contributed by atoms with Gasteiger partial charge < -0.3 is 15.0 Å². The Kier molecular flexibility index (Phi) is 3.88. The zero-order chi connectivity index (χ0) is 13.2. The zero-order valence-electron chi connectivity index (χ0n) is 10.4. The topological polar surface area (TPSA) is 86.3 Å². The number of anilines is 1. The highest BCUT2D eigenvalue weighted by atomic mass is 16.4. The molecule has 0 radical (unpaired) electrons. The summed E-state index contributed by atoms with van der Waals surface area (Å²) in [5.41, 5.74) is -0.275. The molecule has 1 heterocycles. The first-order valence-corrected chi connectivity index (χ1v) is 5.39. The van der Waals surface area contributed by atoms with Gasteiger partial charge in [-0.1, -0.05) is 13.8 Å². The molecule has 1 unspecified atom stereocenters. The Labute approximate surface area is 99.3 Å². The average molecular weight is 239 g/mol. The van der Waals surface area contributed by atoms with Gasteiger partial charge in [0.25, 0.3) is 5.56 Å². The number of aliphatic carboxylic acids is 1. The predicted octanol–water partition coefficient (Wildman–Crippen LogP) is 0.803. The van der Waals surface area contributed by atoms with Crippen molar-refractivity contribution >= 4 is 11.8 Å². The first kappa shape index (κ1) is 13.2. The molecule has 1 aromatic heterocycles. The van der Waals surface area contributed by atoms with E-state index < -0.39 is 12.0 Å². The summed E-state index contributed by atoms with van der Waals surface area (Å²) in [6.45, 7) is 5.35. The highest BCUT2D eigenvalue weighted by molar-refractivity contribution is 5.76. The number of likely N-dealkylation sites (N-methyl/N-ethyl adjacent to an activating group) is 1. The molecular weight excluding hydrogens is 222 g/mol. The molecule has 6 nitrogen and oxygen atoms in total. The summed E-state index contributed by atoms with van der Waals surface area (Å²) in [4.78, 5) is 30.6. The number of nitrogens with zero attached hydrogens (tertiary/aromatic N) is 2. The van der Waals surface area contributed by atoms with Gasteiger partial charge in [0.1, 0.15) is 17.7 Å². The highest BCUT2D eigenvalue weighted by Gasteiger charge is 2.19. The number of carboxylic acid groups (broad SMARTS) is 1. The van der Waals surface area contributed by atoms with Gasteiger partial charge in [0.05, 0.1) is 0 Å². The third-order valence-corrected chi connectivity index (χ3v) is 2.59. The number of carboxylic acids is 1. The predicted molar refractivity (Wildman–Crippen MR) is 64.4 cm³/mol. The SMILES string of the molecule is CC(C)c1nc(N(C)C(C)C(=O)O)cc(=O)[nH]1. The van der Waals surface area contributed by atoms with Crippen molar-refractivity contribution in [2.24, 2.45) is 0 Å². The van der Waals surface area contributed by atoms with E-state index in [0.717, 1.165) is 0 Å². The molecule has 0 amide bonds. The van der Waals surface area contributed by atoms with Crippen LogP contribution in [0, 0.1) is 0 Å². The first-order valence-electron chi connectivity index (χ1n) is 5.39. The van der Waals surface area contributed by atoms with Crippen molar-refractivity contribution in [2.45, 2.75) is 32.7 Å². The molecule has 0 aliphatic carbocycles. The first-order chi connectivity index (χ1) is 7.82. The van der Waals surface area contributed by atoms with Gasteiger partial charge in [-0.05, 0) is 6.92 Å². The Balaban J connectivity index is 3.14. The van der Waals surface area contributed by atoms with Crippen molar-refractivity contribution in [1.29, 1.82) is 0 Å². The Morgan fingerprint density at radius 2 is 2.06 bits per heavy atom. The summed E-state index contributed by atoms with van der Waals surface area (Å²) < 4.78 is 0. The van der Waals surface area contributed by atoms with E-state index in [0.29, 0.717) is 11.6 Å². The van der Waals surface area contributed by atoms with E-state index in [-0.39, 0.29) is 11.5 Å². The van der Waals surface area contributed by atoms with Gasteiger partial charge in [-0.2, -0.15) is 0 Å². The minimum atomic E-state index is -0.958. The van der Waals surface area contributed by atoms with Crippen molar-refractivity contribution < 1.29 is 9.90 Å². The standard InChI is InChI=1S/C11H17N3O3/c1-6(2)10-12-8(5-9(15)13-10)14(4)7(3)11(16)17/h5-7H,1-4H3,(H,16,17)(H,12,13,15). The normalized spacial score (nSPS) is 12.5. The number of hydrogen-bond acceptors (Lipinski definition) is 4. The summed E-state index contributed by atoms with van der Waals surface area (Å²) in [6.07, 6.45) is 0. The maximum Gasteiger partial charge on any atom is 0.326 e. The van der Waals surface area contributed by atoms with Crippen molar-refractivity contribution in [1.82, 2.24) is 9.97 Å². The van der Waals surface area contributed by atoms with Crippen LogP contribution in [0.2, 0.25) is 0 Å². The summed E-state index contributed by atoms with van der Waals surface area (Å²) in [7, 11) is 1.60. The van der Waals surface area contributed by atoms with E-state index in [1.54, 1.807) is 14.0 Å². The van der Waals surface area contributed by atoms with Gasteiger partial charge >= 0.3 is 5.97 Å². The molecule has 0 aliphatic rings. The van der Waals surface area contributed by atoms with Crippen molar-refractivity contribution in [3.8, 4) is 0 Å². The van der Waals surface area contributed by atoms with Crippen LogP contribution >= 0.6 is 0 Å². The number of H-pyrrole nitrogens is 1. The monoisotopic (exact) mass is 239 g/mol. The molecule has 0 aliphatic heterocycles. The summed E-state index contributed by atoms with van der Waals surface area (Å²) >= 11 is 0. The van der Waals surface area contributed by atoms with Crippen LogP contribution in [0.1, 0.15) is 32.5 Å². The molecule has 0 saturated carbocycles. The molecule has 0 bridgehead atoms. The largest absolute Gasteiger partial charge is 0.480 e.